The summed E-state index contributed by atoms with van der Waals surface area (Å²) in [4.78, 5) is 0. The van der Waals surface area contributed by atoms with Crippen molar-refractivity contribution >= 4 is 9.84 Å². The Morgan fingerprint density at radius 2 is 2.07 bits per heavy atom. The van der Waals surface area contributed by atoms with Crippen LogP contribution in [0.25, 0.3) is 0 Å². The average molecular weight is 238 g/mol. The molecule has 0 amide bonds. The predicted octanol–water partition coefficient (Wildman–Crippen LogP) is 0.0697. The van der Waals surface area contributed by atoms with Gasteiger partial charge in [0.2, 0.25) is 0 Å². The number of hydrogen-bond donors (Lipinski definition) is 2. The zero-order valence-corrected chi connectivity index (χ0v) is 10.3. The topological polar surface area (TPSA) is 81.4 Å². The first-order valence-corrected chi connectivity index (χ1v) is 7.12. The van der Waals surface area contributed by atoms with Crippen LogP contribution in [0.5, 0.6) is 0 Å². The summed E-state index contributed by atoms with van der Waals surface area (Å²) < 4.78 is 27.6. The maximum absolute atomic E-state index is 11.2. The third kappa shape index (κ3) is 7.72. The summed E-state index contributed by atoms with van der Waals surface area (Å²) in [7, 11) is -2.85. The van der Waals surface area contributed by atoms with Gasteiger partial charge >= 0.3 is 0 Å². The summed E-state index contributed by atoms with van der Waals surface area (Å²) in [6.07, 6.45) is 1.34. The number of nitrogens with one attached hydrogen (secondary N) is 1. The molecule has 0 rings (SSSR count). The Balaban J connectivity index is 3.72. The number of ether oxygens (including phenoxy) is 1. The zero-order chi connectivity index (χ0) is 11.7. The third-order valence-electron chi connectivity index (χ3n) is 2.21. The molecule has 0 radical (unpaired) electrons. The van der Waals surface area contributed by atoms with E-state index >= 15 is 0 Å². The number of nitrogens with two attached hydrogens (primary N) is 1. The van der Waals surface area contributed by atoms with Crippen LogP contribution in [-0.2, 0) is 14.6 Å². The Kier molecular flexibility index (Phi) is 7.95. The first-order valence-electron chi connectivity index (χ1n) is 5.30. The standard InChI is InChI=1S/C9H22N2O3S/c1-3-14-8-9(11-10)6-5-7-15(12,13)4-2/h9,11H,3-8,10H2,1-2H3. The lowest BCUT2D eigenvalue weighted by Crippen LogP contribution is -2.39. The van der Waals surface area contributed by atoms with Crippen LogP contribution >= 0.6 is 0 Å². The minimum Gasteiger partial charge on any atom is -0.380 e. The largest absolute Gasteiger partial charge is 0.380 e. The molecule has 3 N–H and O–H groups in total. The fourth-order valence-corrected chi connectivity index (χ4v) is 2.06. The summed E-state index contributed by atoms with van der Waals surface area (Å²) in [5.74, 6) is 5.75. The summed E-state index contributed by atoms with van der Waals surface area (Å²) in [6, 6.07) is 0.0389. The molecule has 0 bridgehead atoms. The van der Waals surface area contributed by atoms with Crippen molar-refractivity contribution < 1.29 is 13.2 Å². The highest BCUT2D eigenvalue weighted by Gasteiger charge is 2.10. The molecule has 0 saturated carbocycles. The van der Waals surface area contributed by atoms with E-state index in [2.05, 4.69) is 5.43 Å². The highest BCUT2D eigenvalue weighted by Crippen LogP contribution is 2.01. The van der Waals surface area contributed by atoms with Gasteiger partial charge in [-0.05, 0) is 19.8 Å². The molecule has 0 aliphatic carbocycles. The first-order chi connectivity index (χ1) is 7.05. The van der Waals surface area contributed by atoms with E-state index in [0.29, 0.717) is 19.6 Å². The second-order valence-electron chi connectivity index (χ2n) is 3.40. The van der Waals surface area contributed by atoms with E-state index in [0.717, 1.165) is 6.42 Å². The van der Waals surface area contributed by atoms with Gasteiger partial charge in [0.15, 0.2) is 0 Å². The van der Waals surface area contributed by atoms with Gasteiger partial charge in [0.05, 0.1) is 12.4 Å². The van der Waals surface area contributed by atoms with Crippen LogP contribution in [0.3, 0.4) is 0 Å². The van der Waals surface area contributed by atoms with Crippen LogP contribution in [-0.4, -0.2) is 39.2 Å². The number of rotatable bonds is 9. The van der Waals surface area contributed by atoms with Gasteiger partial charge in [0.25, 0.3) is 0 Å². The molecule has 1 atom stereocenters. The van der Waals surface area contributed by atoms with Crippen molar-refractivity contribution in [3.8, 4) is 0 Å². The van der Waals surface area contributed by atoms with Crippen molar-refractivity contribution in [2.24, 2.45) is 5.84 Å². The molecule has 0 aromatic heterocycles. The van der Waals surface area contributed by atoms with Gasteiger partial charge in [0, 0.05) is 18.4 Å². The molecule has 0 aliphatic rings. The minimum absolute atomic E-state index is 0.0389. The Hall–Kier alpha value is -0.170. The van der Waals surface area contributed by atoms with Crippen molar-refractivity contribution in [1.82, 2.24) is 5.43 Å². The van der Waals surface area contributed by atoms with Crippen molar-refractivity contribution in [3.05, 3.63) is 0 Å². The summed E-state index contributed by atoms with van der Waals surface area (Å²) in [5, 5.41) is 0. The van der Waals surface area contributed by atoms with E-state index in [4.69, 9.17) is 10.6 Å². The highest BCUT2D eigenvalue weighted by molar-refractivity contribution is 7.91. The quantitative estimate of drug-likeness (QED) is 0.439. The molecule has 1 unspecified atom stereocenters. The van der Waals surface area contributed by atoms with E-state index < -0.39 is 9.84 Å². The van der Waals surface area contributed by atoms with Crippen LogP contribution < -0.4 is 11.3 Å². The molecule has 15 heavy (non-hydrogen) atoms. The molecule has 0 aromatic rings. The normalized spacial score (nSPS) is 14.1. The van der Waals surface area contributed by atoms with Crippen molar-refractivity contribution in [2.75, 3.05) is 24.7 Å². The highest BCUT2D eigenvalue weighted by atomic mass is 32.2. The second-order valence-corrected chi connectivity index (χ2v) is 5.87. The van der Waals surface area contributed by atoms with Gasteiger partial charge in [-0.1, -0.05) is 6.92 Å². The van der Waals surface area contributed by atoms with Gasteiger partial charge in [-0.25, -0.2) is 8.42 Å². The van der Waals surface area contributed by atoms with Gasteiger partial charge in [-0.2, -0.15) is 0 Å². The maximum atomic E-state index is 11.2. The number of sulfone groups is 1. The molecule has 0 aliphatic heterocycles. The fourth-order valence-electron chi connectivity index (χ4n) is 1.17. The smallest absolute Gasteiger partial charge is 0.150 e. The van der Waals surface area contributed by atoms with Crippen molar-refractivity contribution in [1.29, 1.82) is 0 Å². The number of hydrazine groups is 1. The predicted molar refractivity (Wildman–Crippen MR) is 61.2 cm³/mol. The zero-order valence-electron chi connectivity index (χ0n) is 9.53. The minimum atomic E-state index is -2.85. The monoisotopic (exact) mass is 238 g/mol. The molecular weight excluding hydrogens is 216 g/mol. The third-order valence-corrected chi connectivity index (χ3v) is 4.00. The lowest BCUT2D eigenvalue weighted by molar-refractivity contribution is 0.120. The molecule has 92 valence electrons. The van der Waals surface area contributed by atoms with E-state index in [1.807, 2.05) is 6.92 Å². The molecule has 0 heterocycles. The Labute approximate surface area is 92.3 Å². The van der Waals surface area contributed by atoms with Crippen molar-refractivity contribution in [3.63, 3.8) is 0 Å². The molecule has 5 nitrogen and oxygen atoms in total. The fraction of sp³-hybridized carbons (Fsp3) is 1.00. The lowest BCUT2D eigenvalue weighted by Gasteiger charge is -2.15. The van der Waals surface area contributed by atoms with Crippen LogP contribution in [0.15, 0.2) is 0 Å². The lowest BCUT2D eigenvalue weighted by atomic mass is 10.2. The van der Waals surface area contributed by atoms with E-state index in [-0.39, 0.29) is 17.5 Å². The Bertz CT molecular complexity index is 242. The Morgan fingerprint density at radius 3 is 2.53 bits per heavy atom. The van der Waals surface area contributed by atoms with Gasteiger partial charge in [0.1, 0.15) is 9.84 Å². The molecule has 0 spiro atoms. The Morgan fingerprint density at radius 1 is 1.40 bits per heavy atom. The molecule has 0 saturated heterocycles. The second kappa shape index (κ2) is 8.04. The molecule has 0 fully saturated rings. The van der Waals surface area contributed by atoms with Crippen LogP contribution in [0, 0.1) is 0 Å². The van der Waals surface area contributed by atoms with Crippen LogP contribution in [0.4, 0.5) is 0 Å². The van der Waals surface area contributed by atoms with E-state index in [1.54, 1.807) is 6.92 Å². The van der Waals surface area contributed by atoms with Crippen LogP contribution in [0.1, 0.15) is 26.7 Å². The van der Waals surface area contributed by atoms with E-state index in [9.17, 15) is 8.42 Å². The van der Waals surface area contributed by atoms with Gasteiger partial charge in [-0.15, -0.1) is 0 Å². The van der Waals surface area contributed by atoms with Crippen molar-refractivity contribution in [2.45, 2.75) is 32.7 Å². The SMILES string of the molecule is CCOCC(CCCS(=O)(=O)CC)NN. The van der Waals surface area contributed by atoms with Gasteiger partial charge in [-0.3, -0.25) is 11.3 Å². The van der Waals surface area contributed by atoms with Crippen LogP contribution in [0.2, 0.25) is 0 Å². The van der Waals surface area contributed by atoms with E-state index in [1.165, 1.54) is 0 Å². The summed E-state index contributed by atoms with van der Waals surface area (Å²) >= 11 is 0. The maximum Gasteiger partial charge on any atom is 0.150 e. The van der Waals surface area contributed by atoms with Gasteiger partial charge < -0.3 is 4.74 Å². The summed E-state index contributed by atoms with van der Waals surface area (Å²) in [6.45, 7) is 4.74. The molecule has 6 heteroatoms. The summed E-state index contributed by atoms with van der Waals surface area (Å²) in [5.41, 5.74) is 2.62. The first kappa shape index (κ1) is 14.8. The molecule has 0 aromatic carbocycles. The molecular formula is C9H22N2O3S. The average Bonchev–Trinajstić information content (AvgIpc) is 2.23. The number of hydrogen-bond acceptors (Lipinski definition) is 5.